The molecule has 2 atom stereocenters. The SMILES string of the molecule is N#Cc1cnnc(N2CC34CCCCC3(CN(Cc3ccccc3)C4)C2)c1. The number of anilines is 1. The number of aromatic nitrogens is 2. The van der Waals surface area contributed by atoms with Gasteiger partial charge in [-0.1, -0.05) is 43.2 Å². The van der Waals surface area contributed by atoms with Gasteiger partial charge in [-0.3, -0.25) is 4.90 Å². The minimum absolute atomic E-state index is 0.352. The first kappa shape index (κ1) is 16.7. The smallest absolute Gasteiger partial charge is 0.152 e. The van der Waals surface area contributed by atoms with Crippen LogP contribution in [0.25, 0.3) is 0 Å². The van der Waals surface area contributed by atoms with Gasteiger partial charge in [0.1, 0.15) is 6.07 Å². The lowest BCUT2D eigenvalue weighted by Gasteiger charge is -2.42. The highest BCUT2D eigenvalue weighted by Crippen LogP contribution is 2.60. The van der Waals surface area contributed by atoms with Gasteiger partial charge in [0.2, 0.25) is 0 Å². The Morgan fingerprint density at radius 1 is 1.00 bits per heavy atom. The summed E-state index contributed by atoms with van der Waals surface area (Å²) >= 11 is 0. The molecule has 2 aromatic rings. The van der Waals surface area contributed by atoms with Crippen molar-refractivity contribution < 1.29 is 0 Å². The van der Waals surface area contributed by atoms with Crippen molar-refractivity contribution in [3.05, 3.63) is 53.7 Å². The molecule has 0 bridgehead atoms. The standard InChI is InChI=1S/C22H25N5/c23-11-19-10-20(25-24-12-19)27-16-21-8-4-5-9-22(21,17-27)15-26(14-21)13-18-6-2-1-3-7-18/h1-3,6-7,10,12H,4-5,8-9,13-17H2. The predicted octanol–water partition coefficient (Wildman–Crippen LogP) is 3.23. The van der Waals surface area contributed by atoms with Crippen LogP contribution in [0.1, 0.15) is 36.8 Å². The van der Waals surface area contributed by atoms with Crippen LogP contribution in [-0.4, -0.2) is 41.3 Å². The highest BCUT2D eigenvalue weighted by Gasteiger charge is 2.63. The summed E-state index contributed by atoms with van der Waals surface area (Å²) in [5, 5.41) is 17.6. The van der Waals surface area contributed by atoms with Gasteiger partial charge < -0.3 is 4.90 Å². The number of rotatable bonds is 3. The summed E-state index contributed by atoms with van der Waals surface area (Å²) in [5.41, 5.74) is 2.71. The number of hydrogen-bond donors (Lipinski definition) is 0. The first-order valence-electron chi connectivity index (χ1n) is 9.96. The third-order valence-corrected chi connectivity index (χ3v) is 7.07. The van der Waals surface area contributed by atoms with Gasteiger partial charge >= 0.3 is 0 Å². The van der Waals surface area contributed by atoms with Crippen LogP contribution < -0.4 is 4.90 Å². The van der Waals surface area contributed by atoms with E-state index >= 15 is 0 Å². The number of nitrogens with zero attached hydrogens (tertiary/aromatic N) is 5. The van der Waals surface area contributed by atoms with E-state index in [1.54, 1.807) is 6.20 Å². The normalized spacial score (nSPS) is 30.0. The molecule has 2 saturated heterocycles. The topological polar surface area (TPSA) is 56.1 Å². The van der Waals surface area contributed by atoms with Crippen LogP contribution >= 0.6 is 0 Å². The Morgan fingerprint density at radius 3 is 2.37 bits per heavy atom. The molecule has 5 rings (SSSR count). The molecule has 27 heavy (non-hydrogen) atoms. The lowest BCUT2D eigenvalue weighted by Crippen LogP contribution is -2.42. The van der Waals surface area contributed by atoms with Gasteiger partial charge in [-0.2, -0.15) is 10.4 Å². The predicted molar refractivity (Wildman–Crippen MR) is 104 cm³/mol. The molecule has 1 saturated carbocycles. The second-order valence-electron chi connectivity index (χ2n) is 8.67. The second kappa shape index (κ2) is 6.31. The fourth-order valence-corrected chi connectivity index (χ4v) is 5.93. The van der Waals surface area contributed by atoms with E-state index in [1.807, 2.05) is 6.07 Å². The van der Waals surface area contributed by atoms with E-state index in [0.29, 0.717) is 16.4 Å². The molecule has 5 heteroatoms. The first-order chi connectivity index (χ1) is 13.2. The zero-order valence-corrected chi connectivity index (χ0v) is 15.6. The lowest BCUT2D eigenvalue weighted by molar-refractivity contribution is 0.0945. The van der Waals surface area contributed by atoms with Crippen molar-refractivity contribution in [2.75, 3.05) is 31.1 Å². The Morgan fingerprint density at radius 2 is 1.70 bits per heavy atom. The van der Waals surface area contributed by atoms with Gasteiger partial charge in [0.25, 0.3) is 0 Å². The quantitative estimate of drug-likeness (QED) is 0.842. The summed E-state index contributed by atoms with van der Waals surface area (Å²) in [5.74, 6) is 0.874. The number of nitriles is 1. The van der Waals surface area contributed by atoms with Gasteiger partial charge in [0.05, 0.1) is 11.8 Å². The molecule has 0 N–H and O–H groups in total. The van der Waals surface area contributed by atoms with E-state index < -0.39 is 0 Å². The lowest BCUT2D eigenvalue weighted by atomic mass is 9.60. The molecule has 1 aliphatic carbocycles. The van der Waals surface area contributed by atoms with Crippen molar-refractivity contribution in [3.63, 3.8) is 0 Å². The van der Waals surface area contributed by atoms with E-state index in [-0.39, 0.29) is 0 Å². The average molecular weight is 359 g/mol. The third-order valence-electron chi connectivity index (χ3n) is 7.07. The van der Waals surface area contributed by atoms with Gasteiger partial charge in [0.15, 0.2) is 5.82 Å². The minimum Gasteiger partial charge on any atom is -0.354 e. The van der Waals surface area contributed by atoms with Gasteiger partial charge in [0, 0.05) is 49.6 Å². The number of benzene rings is 1. The first-order valence-corrected chi connectivity index (χ1v) is 9.96. The molecular weight excluding hydrogens is 334 g/mol. The third kappa shape index (κ3) is 2.71. The summed E-state index contributed by atoms with van der Waals surface area (Å²) in [7, 11) is 0. The van der Waals surface area contributed by atoms with Crippen molar-refractivity contribution in [3.8, 4) is 6.07 Å². The Bertz CT molecular complexity index is 852. The minimum atomic E-state index is 0.352. The number of likely N-dealkylation sites (tertiary alicyclic amines) is 1. The summed E-state index contributed by atoms with van der Waals surface area (Å²) in [6.07, 6.45) is 6.82. The molecule has 0 radical (unpaired) electrons. The maximum Gasteiger partial charge on any atom is 0.152 e. The average Bonchev–Trinajstić information content (AvgIpc) is 3.19. The fourth-order valence-electron chi connectivity index (χ4n) is 5.93. The zero-order valence-electron chi connectivity index (χ0n) is 15.6. The van der Waals surface area contributed by atoms with Crippen LogP contribution in [-0.2, 0) is 6.54 Å². The largest absolute Gasteiger partial charge is 0.354 e. The maximum absolute atomic E-state index is 9.20. The molecule has 1 aromatic heterocycles. The van der Waals surface area contributed by atoms with E-state index in [2.05, 4.69) is 56.4 Å². The monoisotopic (exact) mass is 359 g/mol. The van der Waals surface area contributed by atoms with E-state index in [0.717, 1.165) is 25.5 Å². The highest BCUT2D eigenvalue weighted by molar-refractivity contribution is 5.46. The second-order valence-corrected chi connectivity index (χ2v) is 8.67. The molecule has 1 aromatic carbocycles. The van der Waals surface area contributed by atoms with Gasteiger partial charge in [-0.15, -0.1) is 5.10 Å². The maximum atomic E-state index is 9.20. The molecule has 2 unspecified atom stereocenters. The molecule has 3 aliphatic rings. The molecule has 138 valence electrons. The van der Waals surface area contributed by atoms with Crippen molar-refractivity contribution >= 4 is 5.82 Å². The summed E-state index contributed by atoms with van der Waals surface area (Å²) < 4.78 is 0. The summed E-state index contributed by atoms with van der Waals surface area (Å²) in [4.78, 5) is 5.08. The van der Waals surface area contributed by atoms with E-state index in [9.17, 15) is 5.26 Å². The Kier molecular flexibility index (Phi) is 3.91. The Balaban J connectivity index is 1.41. The van der Waals surface area contributed by atoms with Crippen LogP contribution in [0.4, 0.5) is 5.82 Å². The van der Waals surface area contributed by atoms with Gasteiger partial charge in [-0.25, -0.2) is 0 Å². The highest BCUT2D eigenvalue weighted by atomic mass is 15.3. The fraction of sp³-hybridized carbons (Fsp3) is 0.500. The van der Waals surface area contributed by atoms with Crippen molar-refractivity contribution in [1.29, 1.82) is 5.26 Å². The van der Waals surface area contributed by atoms with Crippen LogP contribution in [0, 0.1) is 22.2 Å². The Hall–Kier alpha value is -2.45. The van der Waals surface area contributed by atoms with Gasteiger partial charge in [-0.05, 0) is 18.4 Å². The van der Waals surface area contributed by atoms with Crippen molar-refractivity contribution in [2.45, 2.75) is 32.2 Å². The van der Waals surface area contributed by atoms with Crippen LogP contribution in [0.5, 0.6) is 0 Å². The van der Waals surface area contributed by atoms with Crippen LogP contribution in [0.2, 0.25) is 0 Å². The van der Waals surface area contributed by atoms with Crippen LogP contribution in [0.15, 0.2) is 42.6 Å². The zero-order chi connectivity index (χ0) is 18.3. The molecule has 2 aliphatic heterocycles. The van der Waals surface area contributed by atoms with Crippen molar-refractivity contribution in [1.82, 2.24) is 15.1 Å². The molecule has 5 nitrogen and oxygen atoms in total. The Labute approximate surface area is 160 Å². The molecular formula is C22H25N5. The molecule has 3 heterocycles. The van der Waals surface area contributed by atoms with E-state index in [4.69, 9.17) is 0 Å². The molecule has 3 fully saturated rings. The van der Waals surface area contributed by atoms with Crippen molar-refractivity contribution in [2.24, 2.45) is 10.8 Å². The van der Waals surface area contributed by atoms with Crippen LogP contribution in [0.3, 0.4) is 0 Å². The molecule has 0 amide bonds. The summed E-state index contributed by atoms with van der Waals surface area (Å²) in [6, 6.07) is 14.9. The number of hydrogen-bond acceptors (Lipinski definition) is 5. The summed E-state index contributed by atoms with van der Waals surface area (Å²) in [6.45, 7) is 5.48. The molecule has 0 spiro atoms. The van der Waals surface area contributed by atoms with E-state index in [1.165, 1.54) is 44.3 Å².